The van der Waals surface area contributed by atoms with Gasteiger partial charge in [-0.2, -0.15) is 0 Å². The average molecular weight is 417 g/mol. The highest BCUT2D eigenvalue weighted by atomic mass is 16.5. The Labute approximate surface area is 183 Å². The summed E-state index contributed by atoms with van der Waals surface area (Å²) in [5.74, 6) is 0.485. The first-order chi connectivity index (χ1) is 15.0. The van der Waals surface area contributed by atoms with E-state index in [4.69, 9.17) is 4.74 Å². The van der Waals surface area contributed by atoms with Gasteiger partial charge in [0.05, 0.1) is 23.4 Å². The predicted molar refractivity (Wildman–Crippen MR) is 123 cm³/mol. The third-order valence-corrected chi connectivity index (χ3v) is 4.80. The van der Waals surface area contributed by atoms with Crippen LogP contribution < -0.4 is 15.4 Å². The molecule has 0 fully saturated rings. The van der Waals surface area contributed by atoms with Crippen molar-refractivity contribution in [2.75, 3.05) is 11.9 Å². The van der Waals surface area contributed by atoms with E-state index in [9.17, 15) is 9.59 Å². The lowest BCUT2D eigenvalue weighted by atomic mass is 10.1. The molecule has 0 heterocycles. The number of benzene rings is 3. The van der Waals surface area contributed by atoms with Crippen LogP contribution in [0.25, 0.3) is 0 Å². The second kappa shape index (κ2) is 11.0. The highest BCUT2D eigenvalue weighted by molar-refractivity contribution is 6.10. The molecule has 0 bridgehead atoms. The van der Waals surface area contributed by atoms with Crippen LogP contribution in [0.5, 0.6) is 5.75 Å². The van der Waals surface area contributed by atoms with Gasteiger partial charge in [-0.1, -0.05) is 68.4 Å². The van der Waals surface area contributed by atoms with Crippen molar-refractivity contribution in [1.29, 1.82) is 0 Å². The molecular formula is C26H28N2O3. The zero-order chi connectivity index (χ0) is 22.1. The molecular weight excluding hydrogens is 388 g/mol. The van der Waals surface area contributed by atoms with Crippen LogP contribution in [0.2, 0.25) is 0 Å². The largest absolute Gasteiger partial charge is 0.493 e. The topological polar surface area (TPSA) is 67.4 Å². The fraction of sp³-hybridized carbons (Fsp3) is 0.231. The Morgan fingerprint density at radius 3 is 2.19 bits per heavy atom. The van der Waals surface area contributed by atoms with Crippen LogP contribution in [0.4, 0.5) is 5.69 Å². The number of anilines is 1. The normalized spacial score (nSPS) is 10.5. The van der Waals surface area contributed by atoms with E-state index in [2.05, 4.69) is 24.5 Å². The van der Waals surface area contributed by atoms with Crippen LogP contribution in [0, 0.1) is 5.92 Å². The molecule has 160 valence electrons. The minimum atomic E-state index is -0.316. The Hall–Kier alpha value is -3.60. The van der Waals surface area contributed by atoms with Gasteiger partial charge in [0, 0.05) is 6.54 Å². The van der Waals surface area contributed by atoms with Crippen molar-refractivity contribution in [3.63, 3.8) is 0 Å². The number of rotatable bonds is 9. The van der Waals surface area contributed by atoms with Gasteiger partial charge in [0.25, 0.3) is 11.8 Å². The molecule has 5 nitrogen and oxygen atoms in total. The van der Waals surface area contributed by atoms with Crippen LogP contribution in [0.1, 0.15) is 46.5 Å². The van der Waals surface area contributed by atoms with Gasteiger partial charge in [-0.05, 0) is 42.2 Å². The number of para-hydroxylation sites is 2. The first-order valence-electron chi connectivity index (χ1n) is 10.5. The SMILES string of the molecule is CC(C)CCOc1ccccc1C(=O)Nc1ccccc1C(=O)NCc1ccccc1. The second-order valence-electron chi connectivity index (χ2n) is 7.70. The number of ether oxygens (including phenoxy) is 1. The molecule has 0 saturated carbocycles. The van der Waals surface area contributed by atoms with Gasteiger partial charge < -0.3 is 15.4 Å². The summed E-state index contributed by atoms with van der Waals surface area (Å²) in [7, 11) is 0. The van der Waals surface area contributed by atoms with E-state index in [1.54, 1.807) is 42.5 Å². The van der Waals surface area contributed by atoms with Crippen molar-refractivity contribution in [3.05, 3.63) is 95.6 Å². The number of hydrogen-bond acceptors (Lipinski definition) is 3. The molecule has 0 aliphatic heterocycles. The summed E-state index contributed by atoms with van der Waals surface area (Å²) >= 11 is 0. The van der Waals surface area contributed by atoms with E-state index in [0.717, 1.165) is 12.0 Å². The Kier molecular flexibility index (Phi) is 7.82. The molecule has 0 unspecified atom stereocenters. The van der Waals surface area contributed by atoms with E-state index >= 15 is 0 Å². The van der Waals surface area contributed by atoms with E-state index in [-0.39, 0.29) is 11.8 Å². The van der Waals surface area contributed by atoms with Gasteiger partial charge in [-0.25, -0.2) is 0 Å². The minimum Gasteiger partial charge on any atom is -0.493 e. The third-order valence-electron chi connectivity index (χ3n) is 4.80. The van der Waals surface area contributed by atoms with Gasteiger partial charge in [-0.15, -0.1) is 0 Å². The minimum absolute atomic E-state index is 0.249. The molecule has 0 saturated heterocycles. The first-order valence-corrected chi connectivity index (χ1v) is 10.5. The number of carbonyl (C=O) groups is 2. The zero-order valence-corrected chi connectivity index (χ0v) is 17.9. The van der Waals surface area contributed by atoms with Crippen LogP contribution >= 0.6 is 0 Å². The fourth-order valence-corrected chi connectivity index (χ4v) is 3.04. The van der Waals surface area contributed by atoms with Gasteiger partial charge >= 0.3 is 0 Å². The van der Waals surface area contributed by atoms with Gasteiger partial charge in [0.2, 0.25) is 0 Å². The Bertz CT molecular complexity index is 1020. The van der Waals surface area contributed by atoms with Crippen molar-refractivity contribution in [2.24, 2.45) is 5.92 Å². The molecule has 2 amide bonds. The van der Waals surface area contributed by atoms with Crippen molar-refractivity contribution in [2.45, 2.75) is 26.8 Å². The molecule has 5 heteroatoms. The quantitative estimate of drug-likeness (QED) is 0.498. The Balaban J connectivity index is 1.70. The van der Waals surface area contributed by atoms with Crippen molar-refractivity contribution < 1.29 is 14.3 Å². The lowest BCUT2D eigenvalue weighted by molar-refractivity contribution is 0.0952. The summed E-state index contributed by atoms with van der Waals surface area (Å²) in [6, 6.07) is 23.8. The number of hydrogen-bond donors (Lipinski definition) is 2. The Morgan fingerprint density at radius 1 is 0.806 bits per heavy atom. The van der Waals surface area contributed by atoms with Gasteiger partial charge in [0.1, 0.15) is 5.75 Å². The monoisotopic (exact) mass is 416 g/mol. The van der Waals surface area contributed by atoms with Crippen LogP contribution in [0.3, 0.4) is 0 Å². The summed E-state index contributed by atoms with van der Waals surface area (Å²) in [5, 5.41) is 5.77. The molecule has 3 aromatic carbocycles. The van der Waals surface area contributed by atoms with Crippen molar-refractivity contribution >= 4 is 17.5 Å². The van der Waals surface area contributed by atoms with Crippen molar-refractivity contribution in [1.82, 2.24) is 5.32 Å². The molecule has 0 spiro atoms. The highest BCUT2D eigenvalue weighted by Crippen LogP contribution is 2.22. The Morgan fingerprint density at radius 2 is 1.45 bits per heavy atom. The summed E-state index contributed by atoms with van der Waals surface area (Å²) in [5.41, 5.74) is 2.30. The van der Waals surface area contributed by atoms with Gasteiger partial charge in [-0.3, -0.25) is 9.59 Å². The first kappa shape index (κ1) is 22.1. The fourth-order valence-electron chi connectivity index (χ4n) is 3.04. The van der Waals surface area contributed by atoms with E-state index in [1.165, 1.54) is 0 Å². The molecule has 31 heavy (non-hydrogen) atoms. The maximum atomic E-state index is 13.0. The summed E-state index contributed by atoms with van der Waals surface area (Å²) in [6.07, 6.45) is 0.903. The van der Waals surface area contributed by atoms with Crippen LogP contribution in [-0.4, -0.2) is 18.4 Å². The summed E-state index contributed by atoms with van der Waals surface area (Å²) < 4.78 is 5.83. The lowest BCUT2D eigenvalue weighted by Crippen LogP contribution is -2.25. The molecule has 0 aliphatic carbocycles. The van der Waals surface area contributed by atoms with Gasteiger partial charge in [0.15, 0.2) is 0 Å². The molecule has 0 atom stereocenters. The number of amides is 2. The molecule has 0 radical (unpaired) electrons. The highest BCUT2D eigenvalue weighted by Gasteiger charge is 2.16. The second-order valence-corrected chi connectivity index (χ2v) is 7.70. The molecule has 2 N–H and O–H groups in total. The smallest absolute Gasteiger partial charge is 0.259 e. The number of nitrogens with one attached hydrogen (secondary N) is 2. The maximum Gasteiger partial charge on any atom is 0.259 e. The van der Waals surface area contributed by atoms with E-state index < -0.39 is 0 Å². The lowest BCUT2D eigenvalue weighted by Gasteiger charge is -2.14. The van der Waals surface area contributed by atoms with Crippen molar-refractivity contribution in [3.8, 4) is 5.75 Å². The number of carbonyl (C=O) groups excluding carboxylic acids is 2. The maximum absolute atomic E-state index is 13.0. The van der Waals surface area contributed by atoms with Crippen LogP contribution in [-0.2, 0) is 6.54 Å². The molecule has 3 aromatic rings. The van der Waals surface area contributed by atoms with Crippen LogP contribution in [0.15, 0.2) is 78.9 Å². The average Bonchev–Trinajstić information content (AvgIpc) is 2.78. The molecule has 0 aromatic heterocycles. The third kappa shape index (κ3) is 6.44. The van der Waals surface area contributed by atoms with E-state index in [1.807, 2.05) is 36.4 Å². The summed E-state index contributed by atoms with van der Waals surface area (Å²) in [4.78, 5) is 25.7. The molecule has 0 aliphatic rings. The summed E-state index contributed by atoms with van der Waals surface area (Å²) in [6.45, 7) is 5.21. The predicted octanol–water partition coefficient (Wildman–Crippen LogP) is 5.29. The standard InChI is InChI=1S/C26H28N2O3/c1-19(2)16-17-31-24-15-9-7-13-22(24)26(30)28-23-14-8-6-12-21(23)25(29)27-18-20-10-4-3-5-11-20/h3-15,19H,16-18H2,1-2H3,(H,27,29)(H,28,30). The van der Waals surface area contributed by atoms with E-state index in [0.29, 0.717) is 41.6 Å². The zero-order valence-electron chi connectivity index (χ0n) is 17.9. The molecule has 3 rings (SSSR count).